The van der Waals surface area contributed by atoms with Gasteiger partial charge < -0.3 is 19.3 Å². The lowest BCUT2D eigenvalue weighted by Crippen LogP contribution is -2.66. The van der Waals surface area contributed by atoms with Crippen LogP contribution in [0.15, 0.2) is 11.8 Å². The molecule has 4 aliphatic carbocycles. The minimum Gasteiger partial charge on any atom is -0.462 e. The van der Waals surface area contributed by atoms with Crippen molar-refractivity contribution in [1.82, 2.24) is 0 Å². The van der Waals surface area contributed by atoms with E-state index in [2.05, 4.69) is 27.7 Å². The smallest absolute Gasteiger partial charge is 0.305 e. The number of aliphatic hydroxyl groups excluding tert-OH is 1. The standard InChI is InChI=1S/C29H44O6/c1-17(31)34-20-14-23-27(5)12-8-21-26(3,4)10-7-11-29(21,16-30)22(27)9-13-28(23,6)24-19(20)15-33-25(24)35-18(2)32/h15,20-25,30H,7-14,16H2,1-6H3/t20-,21?,22?,23?,24+,25-,27+,28-,29+/m0/s1. The van der Waals surface area contributed by atoms with Gasteiger partial charge in [-0.25, -0.2) is 0 Å². The molecule has 0 aromatic heterocycles. The van der Waals surface area contributed by atoms with E-state index in [0.717, 1.165) is 44.1 Å². The molecule has 4 fully saturated rings. The number of carbonyl (C=O) groups excluding carboxylic acids is 2. The fraction of sp³-hybridized carbons (Fsp3) is 0.862. The molecule has 5 aliphatic rings. The number of aliphatic hydroxyl groups is 1. The van der Waals surface area contributed by atoms with Gasteiger partial charge in [-0.05, 0) is 78.9 Å². The maximum Gasteiger partial charge on any atom is 0.305 e. The minimum absolute atomic E-state index is 0.00689. The molecule has 35 heavy (non-hydrogen) atoms. The van der Waals surface area contributed by atoms with Crippen LogP contribution < -0.4 is 0 Å². The van der Waals surface area contributed by atoms with Crippen molar-refractivity contribution in [2.24, 2.45) is 45.3 Å². The molecule has 9 atom stereocenters. The Morgan fingerprint density at radius 3 is 2.26 bits per heavy atom. The molecule has 5 rings (SSSR count). The quantitative estimate of drug-likeness (QED) is 0.537. The molecular weight excluding hydrogens is 444 g/mol. The number of hydrogen-bond acceptors (Lipinski definition) is 6. The fourth-order valence-electron chi connectivity index (χ4n) is 10.4. The van der Waals surface area contributed by atoms with Crippen LogP contribution in [0.3, 0.4) is 0 Å². The first-order chi connectivity index (χ1) is 16.4. The van der Waals surface area contributed by atoms with Crippen LogP contribution in [-0.2, 0) is 23.8 Å². The van der Waals surface area contributed by atoms with E-state index in [0.29, 0.717) is 11.8 Å². The van der Waals surface area contributed by atoms with Crippen molar-refractivity contribution in [3.8, 4) is 0 Å². The summed E-state index contributed by atoms with van der Waals surface area (Å²) < 4.78 is 17.5. The van der Waals surface area contributed by atoms with Crippen LogP contribution in [0.1, 0.15) is 92.9 Å². The first kappa shape index (κ1) is 25.1. The van der Waals surface area contributed by atoms with Crippen molar-refractivity contribution in [2.45, 2.75) is 105 Å². The molecule has 0 amide bonds. The second kappa shape index (κ2) is 8.22. The average molecular weight is 489 g/mol. The van der Waals surface area contributed by atoms with E-state index in [-0.39, 0.29) is 58.1 Å². The fourth-order valence-corrected chi connectivity index (χ4v) is 10.4. The Kier molecular flexibility index (Phi) is 5.90. The second-order valence-corrected chi connectivity index (χ2v) is 13.5. The summed E-state index contributed by atoms with van der Waals surface area (Å²) in [5.41, 5.74) is 1.01. The molecule has 4 saturated carbocycles. The highest BCUT2D eigenvalue weighted by molar-refractivity contribution is 5.67. The van der Waals surface area contributed by atoms with E-state index < -0.39 is 6.29 Å². The molecule has 1 aliphatic heterocycles. The van der Waals surface area contributed by atoms with Gasteiger partial charge in [-0.1, -0.05) is 34.1 Å². The largest absolute Gasteiger partial charge is 0.462 e. The summed E-state index contributed by atoms with van der Waals surface area (Å²) in [6, 6.07) is 0. The van der Waals surface area contributed by atoms with Gasteiger partial charge in [0.05, 0.1) is 12.2 Å². The topological polar surface area (TPSA) is 82.1 Å². The zero-order chi connectivity index (χ0) is 25.4. The highest BCUT2D eigenvalue weighted by Crippen LogP contribution is 2.74. The Bertz CT molecular complexity index is 924. The SMILES string of the molecule is CC(=O)O[C@@H]1OC=C2[C@@H](OC(C)=O)CC3[C@]4(C)CCC5C(C)(C)CCC[C@]5(CO)C4CC[C@]3(C)[C@H]21. The van der Waals surface area contributed by atoms with Crippen LogP contribution in [0.5, 0.6) is 0 Å². The minimum atomic E-state index is -0.676. The Balaban J connectivity index is 1.57. The zero-order valence-electron chi connectivity index (χ0n) is 22.4. The molecule has 0 bridgehead atoms. The number of esters is 2. The summed E-state index contributed by atoms with van der Waals surface area (Å²) in [7, 11) is 0. The van der Waals surface area contributed by atoms with Gasteiger partial charge in [-0.15, -0.1) is 0 Å². The summed E-state index contributed by atoms with van der Waals surface area (Å²) in [6.45, 7) is 12.7. The van der Waals surface area contributed by atoms with Gasteiger partial charge >= 0.3 is 11.9 Å². The van der Waals surface area contributed by atoms with E-state index in [1.165, 1.54) is 26.7 Å². The van der Waals surface area contributed by atoms with Crippen molar-refractivity contribution in [3.05, 3.63) is 11.8 Å². The average Bonchev–Trinajstić information content (AvgIpc) is 3.18. The molecule has 3 unspecified atom stereocenters. The second-order valence-electron chi connectivity index (χ2n) is 13.5. The lowest BCUT2D eigenvalue weighted by molar-refractivity contribution is -0.242. The molecule has 0 aromatic rings. The van der Waals surface area contributed by atoms with Crippen molar-refractivity contribution in [2.75, 3.05) is 6.61 Å². The maximum absolute atomic E-state index is 12.1. The summed E-state index contributed by atoms with van der Waals surface area (Å²) in [5.74, 6) is 0.449. The van der Waals surface area contributed by atoms with Crippen LogP contribution in [0.4, 0.5) is 0 Å². The molecule has 0 saturated heterocycles. The van der Waals surface area contributed by atoms with Crippen LogP contribution in [0.2, 0.25) is 0 Å². The summed E-state index contributed by atoms with van der Waals surface area (Å²) >= 11 is 0. The van der Waals surface area contributed by atoms with Gasteiger partial charge in [0.1, 0.15) is 6.10 Å². The van der Waals surface area contributed by atoms with E-state index in [4.69, 9.17) is 14.2 Å². The predicted octanol–water partition coefficient (Wildman–Crippen LogP) is 5.38. The van der Waals surface area contributed by atoms with Crippen LogP contribution >= 0.6 is 0 Å². The zero-order valence-corrected chi connectivity index (χ0v) is 22.4. The highest BCUT2D eigenvalue weighted by atomic mass is 16.7. The third kappa shape index (κ3) is 3.52. The van der Waals surface area contributed by atoms with Gasteiger partial charge in [-0.2, -0.15) is 0 Å². The molecule has 1 N–H and O–H groups in total. The van der Waals surface area contributed by atoms with Crippen LogP contribution in [0, 0.1) is 45.3 Å². The lowest BCUT2D eigenvalue weighted by Gasteiger charge is -2.70. The van der Waals surface area contributed by atoms with Gasteiger partial charge in [0.15, 0.2) is 0 Å². The number of hydrogen-bond donors (Lipinski definition) is 1. The number of carbonyl (C=O) groups is 2. The van der Waals surface area contributed by atoms with Gasteiger partial charge in [0.2, 0.25) is 0 Å². The number of rotatable bonds is 3. The highest BCUT2D eigenvalue weighted by Gasteiger charge is 2.69. The van der Waals surface area contributed by atoms with Crippen molar-refractivity contribution in [3.63, 3.8) is 0 Å². The van der Waals surface area contributed by atoms with E-state index >= 15 is 0 Å². The Hall–Kier alpha value is -1.56. The van der Waals surface area contributed by atoms with Gasteiger partial charge in [-0.3, -0.25) is 9.59 Å². The summed E-state index contributed by atoms with van der Waals surface area (Å²) in [4.78, 5) is 24.1. The Morgan fingerprint density at radius 2 is 1.60 bits per heavy atom. The van der Waals surface area contributed by atoms with Crippen LogP contribution in [-0.4, -0.2) is 36.0 Å². The van der Waals surface area contributed by atoms with Gasteiger partial charge in [0, 0.05) is 31.4 Å². The molecule has 1 heterocycles. The van der Waals surface area contributed by atoms with E-state index in [1.807, 2.05) is 0 Å². The molecule has 196 valence electrons. The van der Waals surface area contributed by atoms with Gasteiger partial charge in [0.25, 0.3) is 6.29 Å². The third-order valence-electron chi connectivity index (χ3n) is 11.5. The molecule has 0 spiro atoms. The molecule has 6 nitrogen and oxygen atoms in total. The van der Waals surface area contributed by atoms with E-state index in [9.17, 15) is 14.7 Å². The predicted molar refractivity (Wildman–Crippen MR) is 131 cm³/mol. The summed E-state index contributed by atoms with van der Waals surface area (Å²) in [5, 5.41) is 11.0. The first-order valence-electron chi connectivity index (χ1n) is 13.7. The summed E-state index contributed by atoms with van der Waals surface area (Å²) in [6.07, 6.45) is 9.21. The third-order valence-corrected chi connectivity index (χ3v) is 11.5. The van der Waals surface area contributed by atoms with Crippen molar-refractivity contribution >= 4 is 11.9 Å². The van der Waals surface area contributed by atoms with E-state index in [1.54, 1.807) is 6.26 Å². The molecular formula is C29H44O6. The first-order valence-corrected chi connectivity index (χ1v) is 13.7. The van der Waals surface area contributed by atoms with Crippen molar-refractivity contribution < 1.29 is 28.9 Å². The number of ether oxygens (including phenoxy) is 3. The van der Waals surface area contributed by atoms with Crippen molar-refractivity contribution in [1.29, 1.82) is 0 Å². The maximum atomic E-state index is 12.1. The van der Waals surface area contributed by atoms with Crippen LogP contribution in [0.25, 0.3) is 0 Å². The monoisotopic (exact) mass is 488 g/mol. The molecule has 6 heteroatoms. The molecule has 0 radical (unpaired) electrons. The lowest BCUT2D eigenvalue weighted by atomic mass is 9.34. The Morgan fingerprint density at radius 1 is 0.943 bits per heavy atom. The number of fused-ring (bicyclic) bond motifs is 7. The molecule has 0 aromatic carbocycles. The Labute approximate surface area is 210 Å². The normalized spacial score (nSPS) is 47.7.